The van der Waals surface area contributed by atoms with E-state index in [2.05, 4.69) is 36.7 Å². The highest BCUT2D eigenvalue weighted by Gasteiger charge is 2.11. The first-order valence-corrected chi connectivity index (χ1v) is 11.1. The number of rotatable bonds is 4. The summed E-state index contributed by atoms with van der Waals surface area (Å²) in [6.45, 7) is 2.32. The van der Waals surface area contributed by atoms with E-state index in [1.54, 1.807) is 19.2 Å². The lowest BCUT2D eigenvalue weighted by molar-refractivity contribution is 0.770. The molecule has 0 fully saturated rings. The molecule has 7 heteroatoms. The van der Waals surface area contributed by atoms with Gasteiger partial charge in [0, 0.05) is 33.7 Å². The molecule has 2 heterocycles. The molecule has 6 nitrogen and oxygen atoms in total. The van der Waals surface area contributed by atoms with Crippen LogP contribution in [-0.2, 0) is 6.54 Å². The maximum absolute atomic E-state index is 13.1. The van der Waals surface area contributed by atoms with Crippen molar-refractivity contribution >= 4 is 44.0 Å². The van der Waals surface area contributed by atoms with E-state index in [1.165, 1.54) is 4.68 Å². The van der Waals surface area contributed by atoms with E-state index in [0.717, 1.165) is 26.5 Å². The van der Waals surface area contributed by atoms with Crippen molar-refractivity contribution in [3.8, 4) is 6.07 Å². The van der Waals surface area contributed by atoms with E-state index < -0.39 is 0 Å². The molecule has 0 N–H and O–H groups in total. The van der Waals surface area contributed by atoms with Gasteiger partial charge in [-0.2, -0.15) is 15.0 Å². The Bertz CT molecular complexity index is 1660. The summed E-state index contributed by atoms with van der Waals surface area (Å²) in [5.74, 6) is 0.512. The third-order valence-corrected chi connectivity index (χ3v) is 6.07. The summed E-state index contributed by atoms with van der Waals surface area (Å²) in [5, 5.41) is 15.5. The second-order valence-corrected chi connectivity index (χ2v) is 8.60. The van der Waals surface area contributed by atoms with Crippen molar-refractivity contribution in [2.24, 2.45) is 5.10 Å². The van der Waals surface area contributed by atoms with E-state index in [4.69, 9.17) is 0 Å². The van der Waals surface area contributed by atoms with Gasteiger partial charge in [0.2, 0.25) is 0 Å². The van der Waals surface area contributed by atoms with Gasteiger partial charge in [0.25, 0.3) is 5.56 Å². The van der Waals surface area contributed by atoms with Crippen LogP contribution in [0, 0.1) is 18.3 Å². The van der Waals surface area contributed by atoms with Crippen molar-refractivity contribution in [2.75, 3.05) is 0 Å². The van der Waals surface area contributed by atoms with Crippen molar-refractivity contribution in [3.63, 3.8) is 0 Å². The zero-order valence-corrected chi connectivity index (χ0v) is 19.3. The molecule has 5 aromatic rings. The van der Waals surface area contributed by atoms with Gasteiger partial charge >= 0.3 is 0 Å². The van der Waals surface area contributed by atoms with Crippen molar-refractivity contribution < 1.29 is 0 Å². The summed E-state index contributed by atoms with van der Waals surface area (Å²) in [5.41, 5.74) is 3.92. The van der Waals surface area contributed by atoms with Crippen LogP contribution in [0.1, 0.15) is 22.5 Å². The van der Waals surface area contributed by atoms with Gasteiger partial charge in [-0.15, -0.1) is 0 Å². The maximum atomic E-state index is 13.1. The summed E-state index contributed by atoms with van der Waals surface area (Å²) in [6.07, 6.45) is 3.68. The molecular formula is C26H18BrN5O. The van der Waals surface area contributed by atoms with E-state index >= 15 is 0 Å². The number of benzene rings is 3. The lowest BCUT2D eigenvalue weighted by Crippen LogP contribution is -2.20. The first-order valence-electron chi connectivity index (χ1n) is 10.3. The van der Waals surface area contributed by atoms with Gasteiger partial charge in [-0.05, 0) is 42.8 Å². The molecule has 160 valence electrons. The predicted octanol–water partition coefficient (Wildman–Crippen LogP) is 5.22. The molecule has 5 rings (SSSR count). The minimum Gasteiger partial charge on any atom is -0.342 e. The largest absolute Gasteiger partial charge is 0.342 e. The van der Waals surface area contributed by atoms with Crippen molar-refractivity contribution in [1.29, 1.82) is 5.26 Å². The molecule has 0 bridgehead atoms. The topological polar surface area (TPSA) is 76.0 Å². The van der Waals surface area contributed by atoms with Gasteiger partial charge < -0.3 is 4.57 Å². The van der Waals surface area contributed by atoms with Crippen LogP contribution in [0.2, 0.25) is 0 Å². The Hall–Kier alpha value is -4.02. The zero-order chi connectivity index (χ0) is 22.9. The smallest absolute Gasteiger partial charge is 0.282 e. The highest BCUT2D eigenvalue weighted by Crippen LogP contribution is 2.22. The molecule has 33 heavy (non-hydrogen) atoms. The first-order chi connectivity index (χ1) is 16.0. The molecule has 3 aromatic carbocycles. The number of nitrogens with zero attached hydrogens (tertiary/aromatic N) is 5. The second-order valence-electron chi connectivity index (χ2n) is 7.68. The molecular weight excluding hydrogens is 478 g/mol. The fourth-order valence-electron chi connectivity index (χ4n) is 3.98. The van der Waals surface area contributed by atoms with Gasteiger partial charge in [-0.1, -0.05) is 52.3 Å². The normalized spacial score (nSPS) is 11.4. The Morgan fingerprint density at radius 3 is 2.73 bits per heavy atom. The fraction of sp³-hybridized carbons (Fsp3) is 0.0769. The minimum absolute atomic E-state index is 0.221. The molecule has 2 aromatic heterocycles. The van der Waals surface area contributed by atoms with Crippen LogP contribution in [0.5, 0.6) is 0 Å². The Morgan fingerprint density at radius 2 is 1.88 bits per heavy atom. The Balaban J connectivity index is 1.59. The maximum Gasteiger partial charge on any atom is 0.282 e. The van der Waals surface area contributed by atoms with Crippen LogP contribution < -0.4 is 5.56 Å². The van der Waals surface area contributed by atoms with E-state index in [1.807, 2.05) is 66.9 Å². The number of hydrogen-bond acceptors (Lipinski definition) is 4. The summed E-state index contributed by atoms with van der Waals surface area (Å²) in [6, 6.07) is 23.3. The predicted molar refractivity (Wildman–Crippen MR) is 134 cm³/mol. The van der Waals surface area contributed by atoms with Gasteiger partial charge in [0.1, 0.15) is 5.82 Å². The quantitative estimate of drug-likeness (QED) is 0.320. The Labute approximate surface area is 198 Å². The number of aryl methyl sites for hydroxylation is 1. The van der Waals surface area contributed by atoms with Gasteiger partial charge in [-0.3, -0.25) is 4.79 Å². The lowest BCUT2D eigenvalue weighted by Gasteiger charge is -2.07. The van der Waals surface area contributed by atoms with Crippen molar-refractivity contribution in [3.05, 3.63) is 110 Å². The van der Waals surface area contributed by atoms with E-state index in [-0.39, 0.29) is 5.56 Å². The van der Waals surface area contributed by atoms with Crippen LogP contribution in [0.4, 0.5) is 0 Å². The third kappa shape index (κ3) is 3.86. The Kier molecular flexibility index (Phi) is 5.37. The van der Waals surface area contributed by atoms with Gasteiger partial charge in [0.15, 0.2) is 0 Å². The molecule has 0 aliphatic rings. The lowest BCUT2D eigenvalue weighted by atomic mass is 10.1. The first kappa shape index (κ1) is 20.9. The van der Waals surface area contributed by atoms with Crippen LogP contribution in [0.25, 0.3) is 21.8 Å². The molecule has 0 saturated heterocycles. The van der Waals surface area contributed by atoms with Crippen molar-refractivity contribution in [2.45, 2.75) is 13.5 Å². The van der Waals surface area contributed by atoms with Crippen LogP contribution >= 0.6 is 15.9 Å². The zero-order valence-electron chi connectivity index (χ0n) is 17.7. The molecule has 0 atom stereocenters. The molecule has 0 aliphatic heterocycles. The number of halogens is 1. The molecule has 0 unspecified atom stereocenters. The number of para-hydroxylation sites is 1. The van der Waals surface area contributed by atoms with Crippen LogP contribution in [0.15, 0.2) is 87.3 Å². The summed E-state index contributed by atoms with van der Waals surface area (Å²) in [7, 11) is 0. The van der Waals surface area contributed by atoms with Crippen molar-refractivity contribution in [1.82, 2.24) is 14.2 Å². The second kappa shape index (κ2) is 8.49. The van der Waals surface area contributed by atoms with Gasteiger partial charge in [0.05, 0.1) is 28.8 Å². The van der Waals surface area contributed by atoms with Crippen LogP contribution in [0.3, 0.4) is 0 Å². The fourth-order valence-corrected chi connectivity index (χ4v) is 4.34. The average molecular weight is 496 g/mol. The molecule has 0 spiro atoms. The standard InChI is InChI=1S/C26H18BrN5O/c1-17-30-24-11-10-21(27)12-23(24)26(33)32(17)29-14-20-16-31(25-9-5-4-8-22(20)25)15-19-7-3-2-6-18(19)13-28/h2-12,14,16H,15H2,1H3. The minimum atomic E-state index is -0.221. The monoisotopic (exact) mass is 495 g/mol. The Morgan fingerprint density at radius 1 is 1.09 bits per heavy atom. The molecule has 0 radical (unpaired) electrons. The molecule has 0 aliphatic carbocycles. The summed E-state index contributed by atoms with van der Waals surface area (Å²) >= 11 is 3.42. The number of fused-ring (bicyclic) bond motifs is 2. The average Bonchev–Trinajstić information content (AvgIpc) is 3.17. The third-order valence-electron chi connectivity index (χ3n) is 5.58. The number of hydrogen-bond donors (Lipinski definition) is 0. The van der Waals surface area contributed by atoms with E-state index in [0.29, 0.717) is 28.8 Å². The SMILES string of the molecule is Cc1nc2ccc(Br)cc2c(=O)n1N=Cc1cn(Cc2ccccc2C#N)c2ccccc12. The number of aromatic nitrogens is 3. The highest BCUT2D eigenvalue weighted by atomic mass is 79.9. The molecule has 0 saturated carbocycles. The van der Waals surface area contributed by atoms with Crippen LogP contribution in [-0.4, -0.2) is 20.4 Å². The highest BCUT2D eigenvalue weighted by molar-refractivity contribution is 9.10. The number of nitriles is 1. The molecule has 0 amide bonds. The summed E-state index contributed by atoms with van der Waals surface area (Å²) < 4.78 is 4.23. The van der Waals surface area contributed by atoms with E-state index in [9.17, 15) is 10.1 Å². The van der Waals surface area contributed by atoms with Gasteiger partial charge in [-0.25, -0.2) is 4.98 Å². The summed E-state index contributed by atoms with van der Waals surface area (Å²) in [4.78, 5) is 17.6.